The highest BCUT2D eigenvalue weighted by Gasteiger charge is 2.22. The number of hydrogen-bond acceptors (Lipinski definition) is 4. The molecule has 0 radical (unpaired) electrons. The van der Waals surface area contributed by atoms with Crippen LogP contribution in [0.1, 0.15) is 12.0 Å². The van der Waals surface area contributed by atoms with E-state index in [-0.39, 0.29) is 28.6 Å². The van der Waals surface area contributed by atoms with Crippen LogP contribution >= 0.6 is 15.9 Å². The molecular formula is C22H19BrO4S. The van der Waals surface area contributed by atoms with Gasteiger partial charge in [0.1, 0.15) is 0 Å². The Balaban J connectivity index is 2.08. The summed E-state index contributed by atoms with van der Waals surface area (Å²) in [6.45, 7) is 0. The van der Waals surface area contributed by atoms with Crippen molar-refractivity contribution in [2.75, 3.05) is 7.11 Å². The van der Waals surface area contributed by atoms with Crippen LogP contribution in [0.5, 0.6) is 0 Å². The summed E-state index contributed by atoms with van der Waals surface area (Å²) in [5.74, 6) is -0.378. The van der Waals surface area contributed by atoms with Crippen LogP contribution in [-0.2, 0) is 25.8 Å². The molecule has 0 saturated carbocycles. The molecule has 3 rings (SSSR count). The molecule has 0 amide bonds. The summed E-state index contributed by atoms with van der Waals surface area (Å²) in [6, 6.07) is 21.3. The smallest absolute Gasteiger partial charge is 0.305 e. The third-order valence-electron chi connectivity index (χ3n) is 4.41. The minimum absolute atomic E-state index is 0.109. The van der Waals surface area contributed by atoms with Crippen LogP contribution < -0.4 is 0 Å². The van der Waals surface area contributed by atoms with Gasteiger partial charge in [0.15, 0.2) is 0 Å². The van der Waals surface area contributed by atoms with Crippen LogP contribution in [0.25, 0.3) is 11.1 Å². The number of halogens is 1. The minimum Gasteiger partial charge on any atom is -0.469 e. The van der Waals surface area contributed by atoms with Crippen molar-refractivity contribution in [1.82, 2.24) is 0 Å². The van der Waals surface area contributed by atoms with E-state index in [2.05, 4.69) is 15.9 Å². The molecule has 3 aromatic rings. The molecule has 0 atom stereocenters. The summed E-state index contributed by atoms with van der Waals surface area (Å²) >= 11 is 3.41. The lowest BCUT2D eigenvalue weighted by Crippen LogP contribution is -2.08. The SMILES string of the molecule is COC(=O)CCc1cc(-c2ccc(Br)cc2)ccc1S(=O)(=O)c1ccccc1. The van der Waals surface area contributed by atoms with Crippen molar-refractivity contribution in [1.29, 1.82) is 0 Å². The zero-order chi connectivity index (χ0) is 20.1. The fourth-order valence-electron chi connectivity index (χ4n) is 2.92. The molecule has 0 unspecified atom stereocenters. The average Bonchev–Trinajstić information content (AvgIpc) is 2.73. The first-order chi connectivity index (χ1) is 13.4. The summed E-state index contributed by atoms with van der Waals surface area (Å²) in [5, 5.41) is 0. The van der Waals surface area contributed by atoms with Crippen LogP contribution in [0.15, 0.2) is 87.1 Å². The zero-order valence-corrected chi connectivity index (χ0v) is 17.7. The van der Waals surface area contributed by atoms with Gasteiger partial charge in [-0.2, -0.15) is 0 Å². The van der Waals surface area contributed by atoms with Gasteiger partial charge in [0.05, 0.1) is 16.9 Å². The first kappa shape index (κ1) is 20.3. The second-order valence-corrected chi connectivity index (χ2v) is 9.06. The molecular weight excluding hydrogens is 440 g/mol. The van der Waals surface area contributed by atoms with Crippen molar-refractivity contribution < 1.29 is 17.9 Å². The Morgan fingerprint density at radius 2 is 1.57 bits per heavy atom. The fraction of sp³-hybridized carbons (Fsp3) is 0.136. The lowest BCUT2D eigenvalue weighted by Gasteiger charge is -2.13. The average molecular weight is 459 g/mol. The number of benzene rings is 3. The maximum absolute atomic E-state index is 13.1. The van der Waals surface area contributed by atoms with Crippen molar-refractivity contribution >= 4 is 31.7 Å². The van der Waals surface area contributed by atoms with Gasteiger partial charge < -0.3 is 4.74 Å². The topological polar surface area (TPSA) is 60.4 Å². The van der Waals surface area contributed by atoms with Crippen molar-refractivity contribution in [3.63, 3.8) is 0 Å². The van der Waals surface area contributed by atoms with Gasteiger partial charge >= 0.3 is 5.97 Å². The lowest BCUT2D eigenvalue weighted by atomic mass is 10.0. The van der Waals surface area contributed by atoms with E-state index >= 15 is 0 Å². The molecule has 144 valence electrons. The van der Waals surface area contributed by atoms with Crippen LogP contribution in [0.2, 0.25) is 0 Å². The molecule has 3 aromatic carbocycles. The first-order valence-electron chi connectivity index (χ1n) is 8.67. The molecule has 6 heteroatoms. The number of carbonyl (C=O) groups excluding carboxylic acids is 1. The van der Waals surface area contributed by atoms with Gasteiger partial charge in [0.25, 0.3) is 0 Å². The van der Waals surface area contributed by atoms with Crippen LogP contribution in [-0.4, -0.2) is 21.5 Å². The van der Waals surface area contributed by atoms with Gasteiger partial charge in [-0.1, -0.05) is 52.3 Å². The maximum Gasteiger partial charge on any atom is 0.305 e. The third-order valence-corrected chi connectivity index (χ3v) is 6.81. The first-order valence-corrected chi connectivity index (χ1v) is 11.0. The van der Waals surface area contributed by atoms with E-state index in [1.807, 2.05) is 30.3 Å². The van der Waals surface area contributed by atoms with Crippen LogP contribution in [0.4, 0.5) is 0 Å². The molecule has 0 saturated heterocycles. The summed E-state index contributed by atoms with van der Waals surface area (Å²) in [6.07, 6.45) is 0.385. The van der Waals surface area contributed by atoms with Gasteiger partial charge in [0, 0.05) is 10.9 Å². The van der Waals surface area contributed by atoms with Crippen molar-refractivity contribution in [3.05, 3.63) is 82.8 Å². The summed E-state index contributed by atoms with van der Waals surface area (Å²) in [4.78, 5) is 12.1. The Kier molecular flexibility index (Phi) is 6.31. The zero-order valence-electron chi connectivity index (χ0n) is 15.3. The quantitative estimate of drug-likeness (QED) is 0.484. The highest BCUT2D eigenvalue weighted by molar-refractivity contribution is 9.10. The van der Waals surface area contributed by atoms with E-state index in [0.717, 1.165) is 15.6 Å². The molecule has 0 aliphatic heterocycles. The Bertz CT molecular complexity index is 1080. The normalized spacial score (nSPS) is 11.2. The summed E-state index contributed by atoms with van der Waals surface area (Å²) in [5.41, 5.74) is 2.44. The van der Waals surface area contributed by atoms with Crippen LogP contribution in [0.3, 0.4) is 0 Å². The number of esters is 1. The Morgan fingerprint density at radius 1 is 0.929 bits per heavy atom. The molecule has 0 aliphatic carbocycles. The van der Waals surface area contributed by atoms with Gasteiger partial charge in [0.2, 0.25) is 9.84 Å². The van der Waals surface area contributed by atoms with E-state index in [1.54, 1.807) is 42.5 Å². The standard InChI is InChI=1S/C22H19BrO4S/c1-27-22(24)14-10-18-15-17(16-7-11-19(23)12-8-16)9-13-21(18)28(25,26)20-5-3-2-4-6-20/h2-9,11-13,15H,10,14H2,1H3. The van der Waals surface area contributed by atoms with E-state index in [0.29, 0.717) is 5.56 Å². The molecule has 0 aromatic heterocycles. The number of methoxy groups -OCH3 is 1. The van der Waals surface area contributed by atoms with E-state index < -0.39 is 9.84 Å². The Hall–Kier alpha value is -2.44. The van der Waals surface area contributed by atoms with Crippen molar-refractivity contribution in [2.24, 2.45) is 0 Å². The van der Waals surface area contributed by atoms with E-state index in [4.69, 9.17) is 4.74 Å². The predicted octanol–water partition coefficient (Wildman–Crippen LogP) is 5.05. The van der Waals surface area contributed by atoms with Crippen LogP contribution in [0, 0.1) is 0 Å². The van der Waals surface area contributed by atoms with E-state index in [1.165, 1.54) is 7.11 Å². The highest BCUT2D eigenvalue weighted by Crippen LogP contribution is 2.30. The second-order valence-electron chi connectivity index (χ2n) is 6.22. The number of sulfone groups is 1. The molecule has 28 heavy (non-hydrogen) atoms. The highest BCUT2D eigenvalue weighted by atomic mass is 79.9. The lowest BCUT2D eigenvalue weighted by molar-refractivity contribution is -0.140. The minimum atomic E-state index is -3.69. The van der Waals surface area contributed by atoms with E-state index in [9.17, 15) is 13.2 Å². The molecule has 4 nitrogen and oxygen atoms in total. The molecule has 0 bridgehead atoms. The Labute approximate surface area is 173 Å². The number of carbonyl (C=O) groups is 1. The Morgan fingerprint density at radius 3 is 2.21 bits per heavy atom. The third kappa shape index (κ3) is 4.51. The molecule has 0 aliphatic rings. The number of ether oxygens (including phenoxy) is 1. The van der Waals surface area contributed by atoms with Gasteiger partial charge in [-0.15, -0.1) is 0 Å². The van der Waals surface area contributed by atoms with Gasteiger partial charge in [-0.25, -0.2) is 8.42 Å². The molecule has 0 heterocycles. The predicted molar refractivity (Wildman–Crippen MR) is 112 cm³/mol. The number of aryl methyl sites for hydroxylation is 1. The fourth-order valence-corrected chi connectivity index (χ4v) is 4.71. The van der Waals surface area contributed by atoms with Crippen molar-refractivity contribution in [2.45, 2.75) is 22.6 Å². The second kappa shape index (κ2) is 8.71. The maximum atomic E-state index is 13.1. The molecule has 0 spiro atoms. The molecule has 0 N–H and O–H groups in total. The van der Waals surface area contributed by atoms with Gasteiger partial charge in [-0.3, -0.25) is 4.79 Å². The van der Waals surface area contributed by atoms with Crippen molar-refractivity contribution in [3.8, 4) is 11.1 Å². The number of rotatable bonds is 6. The largest absolute Gasteiger partial charge is 0.469 e. The summed E-state index contributed by atoms with van der Waals surface area (Å²) < 4.78 is 32.0. The number of hydrogen-bond donors (Lipinski definition) is 0. The van der Waals surface area contributed by atoms with Gasteiger partial charge in [-0.05, 0) is 59.5 Å². The monoisotopic (exact) mass is 458 g/mol. The summed E-state index contributed by atoms with van der Waals surface area (Å²) in [7, 11) is -2.37. The molecule has 0 fully saturated rings.